The van der Waals surface area contributed by atoms with Crippen molar-refractivity contribution in [2.75, 3.05) is 6.54 Å². The maximum Gasteiger partial charge on any atom is 0.0674 e. The van der Waals surface area contributed by atoms with Crippen LogP contribution in [0.15, 0.2) is 18.2 Å². The maximum atomic E-state index is 10.7. The van der Waals surface area contributed by atoms with Crippen molar-refractivity contribution in [1.29, 1.82) is 0 Å². The normalized spacial score (nSPS) is 23.1. The highest BCUT2D eigenvalue weighted by Gasteiger charge is 2.27. The first kappa shape index (κ1) is 14.5. The summed E-state index contributed by atoms with van der Waals surface area (Å²) in [6.45, 7) is 7.36. The van der Waals surface area contributed by atoms with Crippen LogP contribution >= 0.6 is 0 Å². The number of aryl methyl sites for hydroxylation is 2. The van der Waals surface area contributed by atoms with Crippen molar-refractivity contribution in [3.05, 3.63) is 34.9 Å². The Morgan fingerprint density at radius 3 is 2.53 bits per heavy atom. The summed E-state index contributed by atoms with van der Waals surface area (Å²) in [6.07, 6.45) is 5.36. The Morgan fingerprint density at radius 1 is 1.26 bits per heavy atom. The Hall–Kier alpha value is -0.860. The highest BCUT2D eigenvalue weighted by Crippen LogP contribution is 2.25. The third-order valence-corrected chi connectivity index (χ3v) is 4.30. The lowest BCUT2D eigenvalue weighted by atomic mass is 9.84. The molecule has 2 heteroatoms. The van der Waals surface area contributed by atoms with Gasteiger partial charge in [-0.3, -0.25) is 0 Å². The summed E-state index contributed by atoms with van der Waals surface area (Å²) < 4.78 is 0. The van der Waals surface area contributed by atoms with E-state index < -0.39 is 5.60 Å². The summed E-state index contributed by atoms with van der Waals surface area (Å²) >= 11 is 0. The second kappa shape index (κ2) is 6.06. The molecule has 19 heavy (non-hydrogen) atoms. The Labute approximate surface area is 117 Å². The third-order valence-electron chi connectivity index (χ3n) is 4.30. The fourth-order valence-electron chi connectivity index (χ4n) is 3.21. The molecule has 2 unspecified atom stereocenters. The van der Waals surface area contributed by atoms with Crippen molar-refractivity contribution in [3.63, 3.8) is 0 Å². The second-order valence-electron chi connectivity index (χ2n) is 6.40. The van der Waals surface area contributed by atoms with Gasteiger partial charge in [0.1, 0.15) is 0 Å². The topological polar surface area (TPSA) is 32.3 Å². The SMILES string of the molecule is Cc1cccc(C)c1CC(C)(O)CC1CCCCN1. The van der Waals surface area contributed by atoms with Gasteiger partial charge >= 0.3 is 0 Å². The molecule has 0 spiro atoms. The van der Waals surface area contributed by atoms with Crippen LogP contribution in [0.2, 0.25) is 0 Å². The standard InChI is InChI=1S/C17H27NO/c1-13-7-6-8-14(2)16(13)12-17(3,19)11-15-9-4-5-10-18-15/h6-8,15,18-19H,4-5,9-12H2,1-3H3. The molecule has 2 atom stereocenters. The van der Waals surface area contributed by atoms with Gasteiger partial charge < -0.3 is 10.4 Å². The monoisotopic (exact) mass is 261 g/mol. The first-order chi connectivity index (χ1) is 8.98. The van der Waals surface area contributed by atoms with E-state index >= 15 is 0 Å². The fraction of sp³-hybridized carbons (Fsp3) is 0.647. The summed E-state index contributed by atoms with van der Waals surface area (Å²) in [4.78, 5) is 0. The van der Waals surface area contributed by atoms with Crippen LogP contribution in [0.4, 0.5) is 0 Å². The Morgan fingerprint density at radius 2 is 1.95 bits per heavy atom. The van der Waals surface area contributed by atoms with Gasteiger partial charge in [-0.05, 0) is 63.3 Å². The smallest absolute Gasteiger partial charge is 0.0674 e. The third kappa shape index (κ3) is 4.05. The van der Waals surface area contributed by atoms with Gasteiger partial charge in [0.2, 0.25) is 0 Å². The van der Waals surface area contributed by atoms with E-state index in [0.29, 0.717) is 6.04 Å². The fourth-order valence-corrected chi connectivity index (χ4v) is 3.21. The molecule has 1 aliphatic rings. The van der Waals surface area contributed by atoms with Crippen molar-refractivity contribution < 1.29 is 5.11 Å². The van der Waals surface area contributed by atoms with Gasteiger partial charge in [-0.25, -0.2) is 0 Å². The average Bonchev–Trinajstić information content (AvgIpc) is 2.35. The minimum absolute atomic E-state index is 0.480. The van der Waals surface area contributed by atoms with E-state index in [0.717, 1.165) is 19.4 Å². The van der Waals surface area contributed by atoms with Crippen molar-refractivity contribution in [3.8, 4) is 0 Å². The van der Waals surface area contributed by atoms with Crippen molar-refractivity contribution in [2.24, 2.45) is 0 Å². The van der Waals surface area contributed by atoms with Crippen molar-refractivity contribution in [2.45, 2.75) is 64.5 Å². The summed E-state index contributed by atoms with van der Waals surface area (Å²) in [6, 6.07) is 6.84. The summed E-state index contributed by atoms with van der Waals surface area (Å²) in [7, 11) is 0. The predicted molar refractivity (Wildman–Crippen MR) is 80.5 cm³/mol. The number of hydrogen-bond donors (Lipinski definition) is 2. The van der Waals surface area contributed by atoms with E-state index in [9.17, 15) is 5.11 Å². The van der Waals surface area contributed by atoms with Gasteiger partial charge in [0.25, 0.3) is 0 Å². The van der Waals surface area contributed by atoms with Crippen LogP contribution in [0.5, 0.6) is 0 Å². The maximum absolute atomic E-state index is 10.7. The minimum Gasteiger partial charge on any atom is -0.390 e. The van der Waals surface area contributed by atoms with Gasteiger partial charge in [0, 0.05) is 12.5 Å². The molecule has 1 fully saturated rings. The van der Waals surface area contributed by atoms with E-state index in [1.807, 2.05) is 6.92 Å². The molecule has 0 saturated carbocycles. The lowest BCUT2D eigenvalue weighted by molar-refractivity contribution is 0.0368. The predicted octanol–water partition coefficient (Wildman–Crippen LogP) is 3.13. The molecule has 1 saturated heterocycles. The molecular weight excluding hydrogens is 234 g/mol. The summed E-state index contributed by atoms with van der Waals surface area (Å²) in [5.41, 5.74) is 3.27. The first-order valence-corrected chi connectivity index (χ1v) is 7.49. The Kier molecular flexibility index (Phi) is 4.64. The molecule has 0 bridgehead atoms. The molecule has 2 rings (SSSR count). The van der Waals surface area contributed by atoms with Crippen LogP contribution in [-0.2, 0) is 6.42 Å². The van der Waals surface area contributed by atoms with Crippen LogP contribution in [0.1, 0.15) is 49.3 Å². The lowest BCUT2D eigenvalue weighted by Gasteiger charge is -2.32. The highest BCUT2D eigenvalue weighted by atomic mass is 16.3. The number of hydrogen-bond acceptors (Lipinski definition) is 2. The number of nitrogens with one attached hydrogen (secondary N) is 1. The molecule has 0 aromatic heterocycles. The zero-order chi connectivity index (χ0) is 13.9. The Bertz CT molecular complexity index is 399. The molecule has 1 aromatic carbocycles. The molecule has 106 valence electrons. The van der Waals surface area contributed by atoms with E-state index in [4.69, 9.17) is 0 Å². The molecule has 1 aromatic rings. The molecule has 1 aliphatic heterocycles. The van der Waals surface area contributed by atoms with Crippen molar-refractivity contribution in [1.82, 2.24) is 5.32 Å². The zero-order valence-corrected chi connectivity index (χ0v) is 12.5. The molecule has 0 radical (unpaired) electrons. The number of rotatable bonds is 4. The van der Waals surface area contributed by atoms with E-state index in [1.54, 1.807) is 0 Å². The molecule has 2 nitrogen and oxygen atoms in total. The molecule has 0 amide bonds. The average molecular weight is 261 g/mol. The minimum atomic E-state index is -0.619. The lowest BCUT2D eigenvalue weighted by Crippen LogP contribution is -2.42. The number of benzene rings is 1. The summed E-state index contributed by atoms with van der Waals surface area (Å²) in [5, 5.41) is 14.3. The van der Waals surface area contributed by atoms with Gasteiger partial charge in [0.15, 0.2) is 0 Å². The van der Waals surface area contributed by atoms with Crippen LogP contribution in [0, 0.1) is 13.8 Å². The molecule has 2 N–H and O–H groups in total. The molecule has 0 aliphatic carbocycles. The van der Waals surface area contributed by atoms with Crippen LogP contribution < -0.4 is 5.32 Å². The van der Waals surface area contributed by atoms with Gasteiger partial charge in [0.05, 0.1) is 5.60 Å². The molecule has 1 heterocycles. The van der Waals surface area contributed by atoms with Crippen LogP contribution in [0.25, 0.3) is 0 Å². The largest absolute Gasteiger partial charge is 0.390 e. The van der Waals surface area contributed by atoms with Gasteiger partial charge in [-0.2, -0.15) is 0 Å². The first-order valence-electron chi connectivity index (χ1n) is 7.49. The number of aliphatic hydroxyl groups is 1. The van der Waals surface area contributed by atoms with E-state index in [1.165, 1.54) is 36.0 Å². The van der Waals surface area contributed by atoms with Gasteiger partial charge in [-0.15, -0.1) is 0 Å². The zero-order valence-electron chi connectivity index (χ0n) is 12.5. The van der Waals surface area contributed by atoms with Crippen LogP contribution in [-0.4, -0.2) is 23.3 Å². The second-order valence-corrected chi connectivity index (χ2v) is 6.40. The summed E-state index contributed by atoms with van der Waals surface area (Å²) in [5.74, 6) is 0. The van der Waals surface area contributed by atoms with Gasteiger partial charge in [-0.1, -0.05) is 24.6 Å². The quantitative estimate of drug-likeness (QED) is 0.873. The number of piperidine rings is 1. The van der Waals surface area contributed by atoms with Crippen molar-refractivity contribution >= 4 is 0 Å². The highest BCUT2D eigenvalue weighted by molar-refractivity contribution is 5.34. The van der Waals surface area contributed by atoms with E-state index in [-0.39, 0.29) is 0 Å². The molecular formula is C17H27NO. The Balaban J connectivity index is 2.03. The van der Waals surface area contributed by atoms with E-state index in [2.05, 4.69) is 37.4 Å². The van der Waals surface area contributed by atoms with Crippen LogP contribution in [0.3, 0.4) is 0 Å².